The average Bonchev–Trinajstić information content (AvgIpc) is 3.08. The van der Waals surface area contributed by atoms with E-state index in [2.05, 4.69) is 77.7 Å². The van der Waals surface area contributed by atoms with E-state index in [4.69, 9.17) is 14.7 Å². The molecule has 2 aliphatic heterocycles. The fourth-order valence-electron chi connectivity index (χ4n) is 6.52. The SMILES string of the molecule is CCc1cc(Nc2ncc(Br)c(Nc3ccc4ncccc4c3P(C)C)n2)c(OCC(F)(F)F)nc1N1CCC(N2CCN(C)CC2)CC1. The number of fused-ring (bicyclic) bond motifs is 1. The number of piperazine rings is 1. The number of piperidine rings is 1. The van der Waals surface area contributed by atoms with Gasteiger partial charge >= 0.3 is 6.18 Å². The van der Waals surface area contributed by atoms with Crippen LogP contribution < -0.4 is 25.6 Å². The number of ether oxygens (including phenoxy) is 1. The van der Waals surface area contributed by atoms with Gasteiger partial charge in [-0.2, -0.15) is 23.1 Å². The van der Waals surface area contributed by atoms with Crippen LogP contribution in [0.3, 0.4) is 0 Å². The highest BCUT2D eigenvalue weighted by atomic mass is 79.9. The average molecular weight is 761 g/mol. The summed E-state index contributed by atoms with van der Waals surface area (Å²) in [6, 6.07) is 10.3. The summed E-state index contributed by atoms with van der Waals surface area (Å²) in [5.74, 6) is 1.21. The first-order chi connectivity index (χ1) is 23.5. The van der Waals surface area contributed by atoms with Gasteiger partial charge in [0.2, 0.25) is 11.8 Å². The third-order valence-corrected chi connectivity index (χ3v) is 11.0. The van der Waals surface area contributed by atoms with Crippen molar-refractivity contribution in [2.24, 2.45) is 0 Å². The Morgan fingerprint density at radius 2 is 1.73 bits per heavy atom. The molecule has 1 aromatic carbocycles. The summed E-state index contributed by atoms with van der Waals surface area (Å²) in [6.45, 7) is 10.7. The maximum Gasteiger partial charge on any atom is 0.422 e. The van der Waals surface area contributed by atoms with Crippen LogP contribution in [0.2, 0.25) is 0 Å². The molecule has 49 heavy (non-hydrogen) atoms. The van der Waals surface area contributed by atoms with Crippen LogP contribution in [0, 0.1) is 0 Å². The van der Waals surface area contributed by atoms with Crippen LogP contribution in [-0.4, -0.2) is 108 Å². The van der Waals surface area contributed by atoms with E-state index >= 15 is 0 Å². The molecule has 0 atom stereocenters. The van der Waals surface area contributed by atoms with Crippen LogP contribution in [0.1, 0.15) is 25.3 Å². The Hall–Kier alpha value is -3.32. The molecule has 0 aliphatic carbocycles. The summed E-state index contributed by atoms with van der Waals surface area (Å²) >= 11 is 3.56. The summed E-state index contributed by atoms with van der Waals surface area (Å²) in [5, 5.41) is 8.79. The lowest BCUT2D eigenvalue weighted by atomic mass is 10.0. The highest BCUT2D eigenvalue weighted by Crippen LogP contribution is 2.37. The number of rotatable bonds is 10. The molecule has 2 saturated heterocycles. The van der Waals surface area contributed by atoms with Gasteiger partial charge in [0.15, 0.2) is 6.61 Å². The number of benzene rings is 1. The predicted octanol–water partition coefficient (Wildman–Crippen LogP) is 6.76. The molecule has 3 aromatic heterocycles. The van der Waals surface area contributed by atoms with Crippen LogP contribution in [0.15, 0.2) is 47.2 Å². The van der Waals surface area contributed by atoms with E-state index in [9.17, 15) is 13.2 Å². The molecule has 262 valence electrons. The molecule has 2 fully saturated rings. The third-order valence-electron chi connectivity index (χ3n) is 9.06. The number of alkyl halides is 3. The largest absolute Gasteiger partial charge is 0.466 e. The summed E-state index contributed by atoms with van der Waals surface area (Å²) in [4.78, 5) is 25.5. The number of aromatic nitrogens is 4. The summed E-state index contributed by atoms with van der Waals surface area (Å²) in [7, 11) is 1.64. The van der Waals surface area contributed by atoms with Crippen molar-refractivity contribution in [2.75, 3.05) is 81.8 Å². The Morgan fingerprint density at radius 1 is 0.980 bits per heavy atom. The number of hydrogen-bond donors (Lipinski definition) is 2. The lowest BCUT2D eigenvalue weighted by Crippen LogP contribution is -2.52. The topological polar surface area (TPSA) is 94.6 Å². The van der Waals surface area contributed by atoms with Gasteiger partial charge in [0, 0.05) is 74.1 Å². The predicted molar refractivity (Wildman–Crippen MR) is 196 cm³/mol. The second-order valence-electron chi connectivity index (χ2n) is 12.7. The van der Waals surface area contributed by atoms with Gasteiger partial charge in [0.1, 0.15) is 17.3 Å². The second kappa shape index (κ2) is 15.3. The van der Waals surface area contributed by atoms with Gasteiger partial charge in [-0.3, -0.25) is 9.88 Å². The van der Waals surface area contributed by atoms with Crippen molar-refractivity contribution in [3.05, 3.63) is 52.8 Å². The van der Waals surface area contributed by atoms with Crippen LogP contribution in [-0.2, 0) is 6.42 Å². The molecule has 0 spiro atoms. The molecule has 5 heterocycles. The molecule has 0 radical (unpaired) electrons. The quantitative estimate of drug-likeness (QED) is 0.169. The van der Waals surface area contributed by atoms with E-state index in [-0.39, 0.29) is 17.5 Å². The Bertz CT molecular complexity index is 1760. The van der Waals surface area contributed by atoms with Crippen molar-refractivity contribution in [1.82, 2.24) is 29.7 Å². The lowest BCUT2D eigenvalue weighted by molar-refractivity contribution is -0.153. The molecule has 0 unspecified atom stereocenters. The number of pyridine rings is 2. The number of halogens is 4. The minimum atomic E-state index is -4.53. The third kappa shape index (κ3) is 8.53. The summed E-state index contributed by atoms with van der Waals surface area (Å²) in [6.07, 6.45) is 1.44. The second-order valence-corrected chi connectivity index (χ2v) is 15.8. The molecular formula is C34H42BrF3N9OP. The molecule has 15 heteroatoms. The Balaban J connectivity index is 1.26. The number of hydrogen-bond acceptors (Lipinski definition) is 10. The van der Waals surface area contributed by atoms with Crippen molar-refractivity contribution in [2.45, 2.75) is 38.4 Å². The first kappa shape index (κ1) is 35.5. The first-order valence-corrected chi connectivity index (χ1v) is 19.5. The molecule has 6 rings (SSSR count). The van der Waals surface area contributed by atoms with Crippen molar-refractivity contribution in [3.63, 3.8) is 0 Å². The zero-order valence-corrected chi connectivity index (χ0v) is 30.7. The maximum absolute atomic E-state index is 13.4. The van der Waals surface area contributed by atoms with E-state index in [1.54, 1.807) is 12.4 Å². The van der Waals surface area contributed by atoms with Crippen LogP contribution in [0.5, 0.6) is 5.88 Å². The normalized spacial score (nSPS) is 16.8. The van der Waals surface area contributed by atoms with Gasteiger partial charge in [-0.05, 0) is 85.4 Å². The van der Waals surface area contributed by atoms with Crippen molar-refractivity contribution in [3.8, 4) is 5.88 Å². The molecule has 10 nitrogen and oxygen atoms in total. The molecule has 0 bridgehead atoms. The fourth-order valence-corrected chi connectivity index (χ4v) is 8.10. The van der Waals surface area contributed by atoms with Crippen molar-refractivity contribution < 1.29 is 17.9 Å². The Kier molecular flexibility index (Phi) is 11.1. The van der Waals surface area contributed by atoms with E-state index in [1.165, 1.54) is 0 Å². The Labute approximate surface area is 294 Å². The standard InChI is InChI=1S/C34H42BrF3N9OP/c1-5-22-19-28(32(48-21-34(36,37)38)44-31(22)47-13-10-23(11-14-47)46-17-15-45(2)16-18-46)42-33-40-20-25(35)30(43-33)41-27-9-8-26-24(7-6-12-39-26)29(27)49(3)4/h6-9,12,19-20,23H,5,10-11,13-18,21H2,1-4H3,(H2,40,41,42,43). The zero-order chi connectivity index (χ0) is 34.7. The summed E-state index contributed by atoms with van der Waals surface area (Å²) in [5.41, 5.74) is 2.99. The number of aryl methyl sites for hydroxylation is 1. The first-order valence-electron chi connectivity index (χ1n) is 16.5. The van der Waals surface area contributed by atoms with Gasteiger partial charge in [0.25, 0.3) is 0 Å². The van der Waals surface area contributed by atoms with Crippen molar-refractivity contribution in [1.29, 1.82) is 0 Å². The van der Waals surface area contributed by atoms with E-state index in [1.807, 2.05) is 31.2 Å². The van der Waals surface area contributed by atoms with Gasteiger partial charge in [0.05, 0.1) is 9.99 Å². The monoisotopic (exact) mass is 759 g/mol. The van der Waals surface area contributed by atoms with Crippen LogP contribution in [0.4, 0.5) is 42.1 Å². The van der Waals surface area contributed by atoms with E-state index in [0.29, 0.717) is 28.6 Å². The van der Waals surface area contributed by atoms with E-state index < -0.39 is 20.7 Å². The minimum Gasteiger partial charge on any atom is -0.466 e. The lowest BCUT2D eigenvalue weighted by Gasteiger charge is -2.42. The number of nitrogens with zero attached hydrogens (tertiary/aromatic N) is 7. The maximum atomic E-state index is 13.4. The molecule has 0 saturated carbocycles. The Morgan fingerprint density at radius 3 is 2.43 bits per heavy atom. The molecule has 2 aliphatic rings. The molecule has 2 N–H and O–H groups in total. The van der Waals surface area contributed by atoms with Crippen LogP contribution in [0.25, 0.3) is 10.9 Å². The molecule has 0 amide bonds. The highest BCUT2D eigenvalue weighted by molar-refractivity contribution is 9.10. The molecule has 4 aromatic rings. The van der Waals surface area contributed by atoms with Gasteiger partial charge in [-0.25, -0.2) is 4.98 Å². The summed E-state index contributed by atoms with van der Waals surface area (Å²) < 4.78 is 46.2. The number of anilines is 5. The van der Waals surface area contributed by atoms with Crippen LogP contribution >= 0.6 is 23.9 Å². The highest BCUT2D eigenvalue weighted by Gasteiger charge is 2.31. The fraction of sp³-hybridized carbons (Fsp3) is 0.471. The van der Waals surface area contributed by atoms with Gasteiger partial charge in [-0.15, -0.1) is 0 Å². The zero-order valence-electron chi connectivity index (χ0n) is 28.2. The molecular weight excluding hydrogens is 718 g/mol. The van der Waals surface area contributed by atoms with E-state index in [0.717, 1.165) is 79.6 Å². The van der Waals surface area contributed by atoms with Crippen molar-refractivity contribution >= 4 is 69.0 Å². The minimum absolute atomic E-state index is 0.140. The smallest absolute Gasteiger partial charge is 0.422 e. The van der Waals surface area contributed by atoms with Gasteiger partial charge < -0.3 is 25.2 Å². The number of nitrogens with one attached hydrogen (secondary N) is 2. The van der Waals surface area contributed by atoms with Gasteiger partial charge in [-0.1, -0.05) is 20.9 Å². The number of likely N-dealkylation sites (N-methyl/N-ethyl adjacent to an activating group) is 1.